The van der Waals surface area contributed by atoms with Crippen molar-refractivity contribution in [2.75, 3.05) is 6.61 Å². The highest BCUT2D eigenvalue weighted by Crippen LogP contribution is 2.25. The van der Waals surface area contributed by atoms with Crippen LogP contribution in [0.1, 0.15) is 29.7 Å². The molecule has 0 aliphatic carbocycles. The van der Waals surface area contributed by atoms with Crippen LogP contribution in [0.2, 0.25) is 0 Å². The fourth-order valence-electron chi connectivity index (χ4n) is 2.85. The van der Waals surface area contributed by atoms with E-state index in [4.69, 9.17) is 4.74 Å². The summed E-state index contributed by atoms with van der Waals surface area (Å²) in [6.07, 6.45) is 0.986. The predicted molar refractivity (Wildman–Crippen MR) is 83.3 cm³/mol. The summed E-state index contributed by atoms with van der Waals surface area (Å²) in [5.74, 6) is 1.01. The van der Waals surface area contributed by atoms with Gasteiger partial charge in [0.15, 0.2) is 0 Å². The maximum Gasteiger partial charge on any atom is 0.122 e. The standard InChI is InChI=1S/C18H21NO2/c1-13(15-7-4-5-14(9-15)11-20)19-17-10-16-6-2-3-8-18(16)21-12-17/h2-9,13,17,19-20H,10-12H2,1H3/t13-,17-/m1/s1. The molecule has 0 aromatic heterocycles. The Morgan fingerprint density at radius 1 is 1.24 bits per heavy atom. The number of nitrogens with one attached hydrogen (secondary N) is 1. The molecule has 1 aliphatic rings. The Kier molecular flexibility index (Phi) is 4.23. The molecule has 0 saturated heterocycles. The Morgan fingerprint density at radius 3 is 2.95 bits per heavy atom. The van der Waals surface area contributed by atoms with Gasteiger partial charge in [0, 0.05) is 12.1 Å². The number of fused-ring (bicyclic) bond motifs is 1. The van der Waals surface area contributed by atoms with Crippen LogP contribution >= 0.6 is 0 Å². The Hall–Kier alpha value is -1.84. The summed E-state index contributed by atoms with van der Waals surface area (Å²) in [7, 11) is 0. The summed E-state index contributed by atoms with van der Waals surface area (Å²) in [6.45, 7) is 2.93. The van der Waals surface area contributed by atoms with Crippen LogP contribution in [-0.2, 0) is 13.0 Å². The molecule has 3 nitrogen and oxygen atoms in total. The van der Waals surface area contributed by atoms with Crippen LogP contribution in [-0.4, -0.2) is 17.8 Å². The fourth-order valence-corrected chi connectivity index (χ4v) is 2.85. The normalized spacial score (nSPS) is 18.7. The molecule has 0 unspecified atom stereocenters. The monoisotopic (exact) mass is 283 g/mol. The first-order valence-electron chi connectivity index (χ1n) is 7.42. The van der Waals surface area contributed by atoms with E-state index in [1.165, 1.54) is 11.1 Å². The zero-order chi connectivity index (χ0) is 14.7. The molecule has 0 radical (unpaired) electrons. The van der Waals surface area contributed by atoms with Gasteiger partial charge < -0.3 is 15.2 Å². The van der Waals surface area contributed by atoms with Crippen molar-refractivity contribution in [1.29, 1.82) is 0 Å². The summed E-state index contributed by atoms with van der Waals surface area (Å²) in [5.41, 5.74) is 3.41. The van der Waals surface area contributed by atoms with Crippen molar-refractivity contribution < 1.29 is 9.84 Å². The molecule has 3 heteroatoms. The molecular weight excluding hydrogens is 262 g/mol. The number of hydrogen-bond acceptors (Lipinski definition) is 3. The van der Waals surface area contributed by atoms with Crippen molar-refractivity contribution in [3.05, 3.63) is 65.2 Å². The van der Waals surface area contributed by atoms with E-state index in [0.717, 1.165) is 17.7 Å². The fraction of sp³-hybridized carbons (Fsp3) is 0.333. The van der Waals surface area contributed by atoms with E-state index in [1.807, 2.05) is 24.3 Å². The van der Waals surface area contributed by atoms with Crippen LogP contribution in [0, 0.1) is 0 Å². The SMILES string of the molecule is C[C@@H](N[C@H]1COc2ccccc2C1)c1cccc(CO)c1. The first kappa shape index (κ1) is 14.1. The van der Waals surface area contributed by atoms with Crippen molar-refractivity contribution >= 4 is 0 Å². The van der Waals surface area contributed by atoms with E-state index in [9.17, 15) is 5.11 Å². The average Bonchev–Trinajstić information content (AvgIpc) is 2.54. The molecule has 2 aromatic rings. The topological polar surface area (TPSA) is 41.5 Å². The summed E-state index contributed by atoms with van der Waals surface area (Å²) in [5, 5.41) is 12.9. The minimum Gasteiger partial charge on any atom is -0.492 e. The maximum absolute atomic E-state index is 9.23. The largest absolute Gasteiger partial charge is 0.492 e. The van der Waals surface area contributed by atoms with Gasteiger partial charge in [-0.2, -0.15) is 0 Å². The Bertz CT molecular complexity index is 612. The second-order valence-corrected chi connectivity index (χ2v) is 5.61. The van der Waals surface area contributed by atoms with E-state index >= 15 is 0 Å². The molecule has 1 aliphatic heterocycles. The molecule has 110 valence electrons. The van der Waals surface area contributed by atoms with E-state index in [0.29, 0.717) is 12.6 Å². The van der Waals surface area contributed by atoms with Gasteiger partial charge >= 0.3 is 0 Å². The van der Waals surface area contributed by atoms with Crippen molar-refractivity contribution in [2.24, 2.45) is 0 Å². The molecule has 21 heavy (non-hydrogen) atoms. The molecule has 0 spiro atoms. The summed E-state index contributed by atoms with van der Waals surface area (Å²) >= 11 is 0. The molecule has 2 N–H and O–H groups in total. The Morgan fingerprint density at radius 2 is 2.10 bits per heavy atom. The summed E-state index contributed by atoms with van der Waals surface area (Å²) in [6, 6.07) is 16.8. The van der Waals surface area contributed by atoms with Gasteiger partial charge in [-0.25, -0.2) is 0 Å². The molecule has 0 saturated carbocycles. The minimum atomic E-state index is 0.0838. The van der Waals surface area contributed by atoms with Gasteiger partial charge in [-0.15, -0.1) is 0 Å². The van der Waals surface area contributed by atoms with Crippen LogP contribution in [0.25, 0.3) is 0 Å². The lowest BCUT2D eigenvalue weighted by Gasteiger charge is -2.29. The van der Waals surface area contributed by atoms with E-state index in [-0.39, 0.29) is 12.6 Å². The number of hydrogen-bond donors (Lipinski definition) is 2. The average molecular weight is 283 g/mol. The zero-order valence-corrected chi connectivity index (χ0v) is 12.3. The van der Waals surface area contributed by atoms with Gasteiger partial charge in [0.1, 0.15) is 12.4 Å². The van der Waals surface area contributed by atoms with Gasteiger partial charge in [-0.05, 0) is 36.1 Å². The van der Waals surface area contributed by atoms with E-state index in [1.54, 1.807) is 0 Å². The molecular formula is C18H21NO2. The van der Waals surface area contributed by atoms with Crippen LogP contribution in [0.4, 0.5) is 0 Å². The zero-order valence-electron chi connectivity index (χ0n) is 12.3. The van der Waals surface area contributed by atoms with Gasteiger partial charge in [-0.1, -0.05) is 42.5 Å². The lowest BCUT2D eigenvalue weighted by Crippen LogP contribution is -2.40. The van der Waals surface area contributed by atoms with Crippen molar-refractivity contribution in [2.45, 2.75) is 32.0 Å². The van der Waals surface area contributed by atoms with Gasteiger partial charge in [-0.3, -0.25) is 0 Å². The first-order valence-corrected chi connectivity index (χ1v) is 7.42. The van der Waals surface area contributed by atoms with Gasteiger partial charge in [0.25, 0.3) is 0 Å². The highest BCUT2D eigenvalue weighted by molar-refractivity contribution is 5.35. The number of aliphatic hydroxyl groups excluding tert-OH is 1. The van der Waals surface area contributed by atoms with Crippen LogP contribution in [0.5, 0.6) is 5.75 Å². The van der Waals surface area contributed by atoms with Crippen LogP contribution in [0.3, 0.4) is 0 Å². The first-order chi connectivity index (χ1) is 10.3. The highest BCUT2D eigenvalue weighted by atomic mass is 16.5. The number of aliphatic hydroxyl groups is 1. The molecule has 3 rings (SSSR count). The van der Waals surface area contributed by atoms with Gasteiger partial charge in [0.05, 0.1) is 6.61 Å². The van der Waals surface area contributed by atoms with Crippen molar-refractivity contribution in [1.82, 2.24) is 5.32 Å². The van der Waals surface area contributed by atoms with E-state index < -0.39 is 0 Å². The van der Waals surface area contributed by atoms with Crippen molar-refractivity contribution in [3.63, 3.8) is 0 Å². The van der Waals surface area contributed by atoms with Gasteiger partial charge in [0.2, 0.25) is 0 Å². The number of rotatable bonds is 4. The molecule has 2 atom stereocenters. The summed E-state index contributed by atoms with van der Waals surface area (Å²) < 4.78 is 5.82. The third-order valence-electron chi connectivity index (χ3n) is 4.00. The van der Waals surface area contributed by atoms with Crippen LogP contribution < -0.4 is 10.1 Å². The lowest BCUT2D eigenvalue weighted by atomic mass is 10.00. The number of benzene rings is 2. The maximum atomic E-state index is 9.23. The lowest BCUT2D eigenvalue weighted by molar-refractivity contribution is 0.229. The Balaban J connectivity index is 1.67. The molecule has 1 heterocycles. The second-order valence-electron chi connectivity index (χ2n) is 5.61. The molecule has 2 aromatic carbocycles. The molecule has 0 amide bonds. The minimum absolute atomic E-state index is 0.0838. The quantitative estimate of drug-likeness (QED) is 0.906. The Labute approximate surface area is 125 Å². The smallest absolute Gasteiger partial charge is 0.122 e. The third kappa shape index (κ3) is 3.26. The molecule has 0 bridgehead atoms. The second kappa shape index (κ2) is 6.29. The summed E-state index contributed by atoms with van der Waals surface area (Å²) in [4.78, 5) is 0. The van der Waals surface area contributed by atoms with Crippen LogP contribution in [0.15, 0.2) is 48.5 Å². The highest BCUT2D eigenvalue weighted by Gasteiger charge is 2.21. The van der Waals surface area contributed by atoms with E-state index in [2.05, 4.69) is 36.5 Å². The molecule has 0 fully saturated rings. The third-order valence-corrected chi connectivity index (χ3v) is 4.00. The number of para-hydroxylation sites is 1. The predicted octanol–water partition coefficient (Wildman–Crippen LogP) is 2.83. The van der Waals surface area contributed by atoms with Crippen molar-refractivity contribution in [3.8, 4) is 5.75 Å². The number of ether oxygens (including phenoxy) is 1.